The number of Topliss-reactive ketones (excluding diaryl/α,β-unsaturated/α-hetero) is 1. The molecule has 10 heteroatoms. The number of methoxy groups -OCH3 is 5. The SMILES string of the molecule is COCCN1C(=O)C(=O)/C(=C(/O)c2cc(OC)c(Cl)cc2OC)C1c1cccc(OC)c1OC. The number of hydrogen-bond donors (Lipinski definition) is 1. The van der Waals surface area contributed by atoms with E-state index in [0.29, 0.717) is 17.1 Å². The number of aliphatic hydroxyl groups excluding tert-OH is 1. The maximum atomic E-state index is 13.2. The van der Waals surface area contributed by atoms with E-state index >= 15 is 0 Å². The number of nitrogens with zero attached hydrogens (tertiary/aromatic N) is 1. The summed E-state index contributed by atoms with van der Waals surface area (Å²) in [5, 5.41) is 11.6. The number of halogens is 1. The third kappa shape index (κ3) is 4.36. The van der Waals surface area contributed by atoms with E-state index in [-0.39, 0.29) is 40.8 Å². The van der Waals surface area contributed by atoms with Crippen molar-refractivity contribution in [1.82, 2.24) is 4.90 Å². The number of benzene rings is 2. The van der Waals surface area contributed by atoms with Crippen LogP contribution in [0.1, 0.15) is 17.2 Å². The molecule has 1 N–H and O–H groups in total. The van der Waals surface area contributed by atoms with Crippen molar-refractivity contribution < 1.29 is 38.4 Å². The van der Waals surface area contributed by atoms with Crippen LogP contribution in [0.3, 0.4) is 0 Å². The highest BCUT2D eigenvalue weighted by molar-refractivity contribution is 6.46. The number of hydrogen-bond acceptors (Lipinski definition) is 8. The van der Waals surface area contributed by atoms with Crippen LogP contribution in [-0.2, 0) is 14.3 Å². The van der Waals surface area contributed by atoms with Crippen LogP contribution in [0.2, 0.25) is 5.02 Å². The summed E-state index contributed by atoms with van der Waals surface area (Å²) in [6.07, 6.45) is 0. The molecule has 0 aliphatic carbocycles. The van der Waals surface area contributed by atoms with E-state index < -0.39 is 23.5 Å². The number of aliphatic hydroxyl groups is 1. The van der Waals surface area contributed by atoms with Crippen molar-refractivity contribution in [2.24, 2.45) is 0 Å². The number of ketones is 1. The predicted molar refractivity (Wildman–Crippen MR) is 125 cm³/mol. The molecule has 1 atom stereocenters. The van der Waals surface area contributed by atoms with Gasteiger partial charge in [-0.05, 0) is 12.1 Å². The van der Waals surface area contributed by atoms with Gasteiger partial charge in [-0.1, -0.05) is 23.7 Å². The molecule has 182 valence electrons. The Bertz CT molecular complexity index is 1130. The van der Waals surface area contributed by atoms with Gasteiger partial charge in [0, 0.05) is 25.3 Å². The topological polar surface area (TPSA) is 104 Å². The molecule has 1 aliphatic heterocycles. The molecule has 1 fully saturated rings. The Hall–Kier alpha value is -3.43. The van der Waals surface area contributed by atoms with Crippen LogP contribution in [0.4, 0.5) is 0 Å². The van der Waals surface area contributed by atoms with Gasteiger partial charge in [0.25, 0.3) is 11.7 Å². The largest absolute Gasteiger partial charge is 0.507 e. The van der Waals surface area contributed by atoms with Gasteiger partial charge in [0.1, 0.15) is 17.3 Å². The van der Waals surface area contributed by atoms with Crippen molar-refractivity contribution in [2.45, 2.75) is 6.04 Å². The summed E-state index contributed by atoms with van der Waals surface area (Å²) in [5.41, 5.74) is 0.453. The van der Waals surface area contributed by atoms with E-state index in [1.807, 2.05) is 0 Å². The lowest BCUT2D eigenvalue weighted by atomic mass is 9.94. The van der Waals surface area contributed by atoms with Crippen molar-refractivity contribution in [1.29, 1.82) is 0 Å². The van der Waals surface area contributed by atoms with Gasteiger partial charge >= 0.3 is 0 Å². The third-order valence-corrected chi connectivity index (χ3v) is 5.83. The number of likely N-dealkylation sites (tertiary alicyclic amines) is 1. The molecule has 1 unspecified atom stereocenters. The van der Waals surface area contributed by atoms with Gasteiger partial charge in [-0.15, -0.1) is 0 Å². The van der Waals surface area contributed by atoms with Crippen molar-refractivity contribution in [3.8, 4) is 23.0 Å². The number of amides is 1. The molecule has 1 aliphatic rings. The van der Waals surface area contributed by atoms with Crippen LogP contribution >= 0.6 is 11.6 Å². The lowest BCUT2D eigenvalue weighted by Crippen LogP contribution is -2.32. The second kappa shape index (κ2) is 10.7. The number of ether oxygens (including phenoxy) is 5. The highest BCUT2D eigenvalue weighted by Crippen LogP contribution is 2.47. The lowest BCUT2D eigenvalue weighted by Gasteiger charge is -2.27. The Labute approximate surface area is 202 Å². The van der Waals surface area contributed by atoms with Crippen LogP contribution in [0.5, 0.6) is 23.0 Å². The monoisotopic (exact) mass is 491 g/mol. The summed E-state index contributed by atoms with van der Waals surface area (Å²) in [7, 11) is 7.24. The standard InChI is InChI=1S/C24H26ClNO8/c1-30-10-9-26-20(13-7-6-8-16(31-2)23(13)34-5)19(22(28)24(26)29)21(27)14-11-18(33-4)15(25)12-17(14)32-3/h6-8,11-12,20,27H,9-10H2,1-5H3/b21-19+. The number of para-hydroxylation sites is 1. The molecule has 0 saturated carbocycles. The lowest BCUT2D eigenvalue weighted by molar-refractivity contribution is -0.140. The highest BCUT2D eigenvalue weighted by Gasteiger charge is 2.47. The van der Waals surface area contributed by atoms with Crippen molar-refractivity contribution in [3.05, 3.63) is 52.1 Å². The molecule has 0 aromatic heterocycles. The average molecular weight is 492 g/mol. The maximum absolute atomic E-state index is 13.2. The van der Waals surface area contributed by atoms with Crippen molar-refractivity contribution in [2.75, 3.05) is 48.7 Å². The Kier molecular flexibility index (Phi) is 7.90. The average Bonchev–Trinajstić information content (AvgIpc) is 3.10. The van der Waals surface area contributed by atoms with E-state index in [0.717, 1.165) is 0 Å². The summed E-state index contributed by atoms with van der Waals surface area (Å²) in [6, 6.07) is 7.02. The van der Waals surface area contributed by atoms with Crippen molar-refractivity contribution >= 4 is 29.1 Å². The molecule has 3 rings (SSSR count). The van der Waals surface area contributed by atoms with E-state index in [2.05, 4.69) is 0 Å². The van der Waals surface area contributed by atoms with Crippen molar-refractivity contribution in [3.63, 3.8) is 0 Å². The molecule has 0 spiro atoms. The Morgan fingerprint density at radius 2 is 1.65 bits per heavy atom. The van der Waals surface area contributed by atoms with Crippen LogP contribution < -0.4 is 18.9 Å². The van der Waals surface area contributed by atoms with Crippen LogP contribution in [0, 0.1) is 0 Å². The molecule has 0 radical (unpaired) electrons. The van der Waals surface area contributed by atoms with Crippen LogP contribution in [0.25, 0.3) is 5.76 Å². The van der Waals surface area contributed by atoms with E-state index in [1.165, 1.54) is 52.6 Å². The summed E-state index contributed by atoms with van der Waals surface area (Å²) < 4.78 is 26.7. The number of carbonyl (C=O) groups excluding carboxylic acids is 2. The summed E-state index contributed by atoms with van der Waals surface area (Å²) in [4.78, 5) is 27.6. The minimum Gasteiger partial charge on any atom is -0.507 e. The van der Waals surface area contributed by atoms with Gasteiger partial charge in [0.05, 0.1) is 57.2 Å². The fraction of sp³-hybridized carbons (Fsp3) is 0.333. The fourth-order valence-electron chi connectivity index (χ4n) is 3.94. The molecule has 1 heterocycles. The predicted octanol–water partition coefficient (Wildman–Crippen LogP) is 3.44. The van der Waals surface area contributed by atoms with Gasteiger partial charge in [-0.2, -0.15) is 0 Å². The molecular weight excluding hydrogens is 466 g/mol. The molecule has 1 saturated heterocycles. The minimum atomic E-state index is -0.980. The number of carbonyl (C=O) groups is 2. The highest BCUT2D eigenvalue weighted by atomic mass is 35.5. The third-order valence-electron chi connectivity index (χ3n) is 5.53. The van der Waals surface area contributed by atoms with Gasteiger partial charge in [0.15, 0.2) is 11.5 Å². The second-order valence-electron chi connectivity index (χ2n) is 7.26. The first kappa shape index (κ1) is 25.2. The Balaban J connectivity index is 2.33. The minimum absolute atomic E-state index is 0.101. The first-order valence-electron chi connectivity index (χ1n) is 10.2. The second-order valence-corrected chi connectivity index (χ2v) is 7.66. The quantitative estimate of drug-likeness (QED) is 0.323. The van der Waals surface area contributed by atoms with Gasteiger partial charge in [-0.25, -0.2) is 0 Å². The van der Waals surface area contributed by atoms with Crippen LogP contribution in [-0.4, -0.2) is 70.4 Å². The summed E-state index contributed by atoms with van der Waals surface area (Å²) >= 11 is 6.20. The van der Waals surface area contributed by atoms with E-state index in [1.54, 1.807) is 18.2 Å². The molecular formula is C24H26ClNO8. The molecule has 34 heavy (non-hydrogen) atoms. The normalized spacial score (nSPS) is 17.1. The maximum Gasteiger partial charge on any atom is 0.295 e. The first-order valence-corrected chi connectivity index (χ1v) is 10.6. The van der Waals surface area contributed by atoms with E-state index in [4.69, 9.17) is 35.3 Å². The smallest absolute Gasteiger partial charge is 0.295 e. The van der Waals surface area contributed by atoms with Gasteiger partial charge in [-0.3, -0.25) is 9.59 Å². The summed E-state index contributed by atoms with van der Waals surface area (Å²) in [6.45, 7) is 0.276. The van der Waals surface area contributed by atoms with Gasteiger partial charge < -0.3 is 33.7 Å². The zero-order valence-electron chi connectivity index (χ0n) is 19.5. The summed E-state index contributed by atoms with van der Waals surface area (Å²) in [5.74, 6) is -0.905. The Morgan fingerprint density at radius 1 is 0.971 bits per heavy atom. The zero-order valence-corrected chi connectivity index (χ0v) is 20.3. The molecule has 2 aromatic rings. The molecule has 0 bridgehead atoms. The molecule has 2 aromatic carbocycles. The Morgan fingerprint density at radius 3 is 2.24 bits per heavy atom. The fourth-order valence-corrected chi connectivity index (χ4v) is 4.17. The van der Waals surface area contributed by atoms with Crippen LogP contribution in [0.15, 0.2) is 35.9 Å². The molecule has 9 nitrogen and oxygen atoms in total. The molecule has 1 amide bonds. The number of rotatable bonds is 9. The zero-order chi connectivity index (χ0) is 25.0. The van der Waals surface area contributed by atoms with E-state index in [9.17, 15) is 14.7 Å². The van der Waals surface area contributed by atoms with Gasteiger partial charge in [0.2, 0.25) is 0 Å². The first-order chi connectivity index (χ1) is 16.3.